The van der Waals surface area contributed by atoms with Crippen LogP contribution >= 0.6 is 0 Å². The molecule has 4 heteroatoms. The maximum absolute atomic E-state index is 13.1. The van der Waals surface area contributed by atoms with E-state index >= 15 is 0 Å². The van der Waals surface area contributed by atoms with E-state index in [1.165, 1.54) is 19.2 Å². The second-order valence-electron chi connectivity index (χ2n) is 4.25. The molecule has 0 radical (unpaired) electrons. The van der Waals surface area contributed by atoms with Crippen molar-refractivity contribution >= 4 is 5.97 Å². The first-order valence-corrected chi connectivity index (χ1v) is 6.22. The maximum Gasteiger partial charge on any atom is 0.316 e. The molecule has 0 heterocycles. The van der Waals surface area contributed by atoms with E-state index in [2.05, 4.69) is 0 Å². The predicted octanol–water partition coefficient (Wildman–Crippen LogP) is 3.16. The van der Waals surface area contributed by atoms with Gasteiger partial charge in [0.2, 0.25) is 0 Å². The van der Waals surface area contributed by atoms with Gasteiger partial charge in [-0.15, -0.1) is 0 Å². The fraction of sp³-hybridized carbons (Fsp3) is 0.188. The van der Waals surface area contributed by atoms with Gasteiger partial charge in [-0.25, -0.2) is 4.39 Å². The molecule has 1 unspecified atom stereocenters. The number of carbonyl (C=O) groups is 1. The zero-order chi connectivity index (χ0) is 14.4. The molecule has 0 spiro atoms. The first-order valence-electron chi connectivity index (χ1n) is 6.22. The predicted molar refractivity (Wildman–Crippen MR) is 73.1 cm³/mol. The topological polar surface area (TPSA) is 35.5 Å². The summed E-state index contributed by atoms with van der Waals surface area (Å²) < 4.78 is 23.3. The fourth-order valence-corrected chi connectivity index (χ4v) is 1.86. The number of methoxy groups -OCH3 is 1. The molecule has 1 atom stereocenters. The summed E-state index contributed by atoms with van der Waals surface area (Å²) in [4.78, 5) is 11.8. The van der Waals surface area contributed by atoms with Crippen molar-refractivity contribution in [3.8, 4) is 5.75 Å². The molecule has 104 valence electrons. The number of hydrogen-bond donors (Lipinski definition) is 0. The Morgan fingerprint density at radius 3 is 2.55 bits per heavy atom. The maximum atomic E-state index is 13.1. The molecule has 0 fully saturated rings. The van der Waals surface area contributed by atoms with Crippen molar-refractivity contribution in [2.45, 2.75) is 5.92 Å². The van der Waals surface area contributed by atoms with E-state index < -0.39 is 5.92 Å². The van der Waals surface area contributed by atoms with Gasteiger partial charge in [0, 0.05) is 6.07 Å². The molecule has 2 rings (SSSR count). The van der Waals surface area contributed by atoms with E-state index in [4.69, 9.17) is 9.47 Å². The minimum absolute atomic E-state index is 0.0974. The number of carbonyl (C=O) groups excluding carboxylic acids is 1. The number of benzene rings is 2. The molecule has 0 saturated heterocycles. The largest absolute Gasteiger partial charge is 0.492 e. The van der Waals surface area contributed by atoms with E-state index in [0.29, 0.717) is 5.75 Å². The smallest absolute Gasteiger partial charge is 0.316 e. The summed E-state index contributed by atoms with van der Waals surface area (Å²) >= 11 is 0. The SMILES string of the molecule is COC(=O)C(COc1cccc(F)c1)c1ccccc1. The molecule has 0 bridgehead atoms. The highest BCUT2D eigenvalue weighted by Crippen LogP contribution is 2.20. The Labute approximate surface area is 117 Å². The van der Waals surface area contributed by atoms with Gasteiger partial charge < -0.3 is 9.47 Å². The first kappa shape index (κ1) is 14.1. The van der Waals surface area contributed by atoms with Gasteiger partial charge in [0.15, 0.2) is 0 Å². The lowest BCUT2D eigenvalue weighted by Gasteiger charge is -2.16. The average Bonchev–Trinajstić information content (AvgIpc) is 2.48. The van der Waals surface area contributed by atoms with Crippen molar-refractivity contribution in [2.75, 3.05) is 13.7 Å². The Bertz CT molecular complexity index is 569. The van der Waals surface area contributed by atoms with Gasteiger partial charge in [0.25, 0.3) is 0 Å². The summed E-state index contributed by atoms with van der Waals surface area (Å²) in [5.41, 5.74) is 0.802. The average molecular weight is 274 g/mol. The van der Waals surface area contributed by atoms with Gasteiger partial charge in [0.1, 0.15) is 24.1 Å². The molecule has 0 aliphatic carbocycles. The van der Waals surface area contributed by atoms with Crippen molar-refractivity contribution in [2.24, 2.45) is 0 Å². The van der Waals surface area contributed by atoms with Crippen LogP contribution in [0.4, 0.5) is 4.39 Å². The van der Waals surface area contributed by atoms with Crippen LogP contribution < -0.4 is 4.74 Å². The molecule has 2 aromatic rings. The van der Waals surface area contributed by atoms with Crippen LogP contribution in [0.15, 0.2) is 54.6 Å². The first-order chi connectivity index (χ1) is 9.70. The molecule has 0 aromatic heterocycles. The molecule has 0 amide bonds. The summed E-state index contributed by atoms with van der Waals surface area (Å²) in [6.45, 7) is 0.0974. The Morgan fingerprint density at radius 2 is 1.90 bits per heavy atom. The number of ether oxygens (including phenoxy) is 2. The zero-order valence-electron chi connectivity index (χ0n) is 11.1. The van der Waals surface area contributed by atoms with E-state index in [-0.39, 0.29) is 18.4 Å². The van der Waals surface area contributed by atoms with Crippen LogP contribution in [0, 0.1) is 5.82 Å². The van der Waals surface area contributed by atoms with E-state index in [1.807, 2.05) is 30.3 Å². The van der Waals surface area contributed by atoms with Gasteiger partial charge in [-0.1, -0.05) is 36.4 Å². The van der Waals surface area contributed by atoms with E-state index in [1.54, 1.807) is 12.1 Å². The van der Waals surface area contributed by atoms with Gasteiger partial charge in [-0.2, -0.15) is 0 Å². The molecule has 0 saturated carbocycles. The number of esters is 1. The molecular weight excluding hydrogens is 259 g/mol. The second kappa shape index (κ2) is 6.70. The van der Waals surface area contributed by atoms with Gasteiger partial charge in [0.05, 0.1) is 7.11 Å². The van der Waals surface area contributed by atoms with Crippen molar-refractivity contribution in [3.63, 3.8) is 0 Å². The highest BCUT2D eigenvalue weighted by molar-refractivity contribution is 5.78. The van der Waals surface area contributed by atoms with Crippen LogP contribution in [-0.4, -0.2) is 19.7 Å². The van der Waals surface area contributed by atoms with Crippen molar-refractivity contribution in [1.82, 2.24) is 0 Å². The van der Waals surface area contributed by atoms with Gasteiger partial charge in [-0.3, -0.25) is 4.79 Å². The van der Waals surface area contributed by atoms with Crippen molar-refractivity contribution in [3.05, 3.63) is 66.0 Å². The van der Waals surface area contributed by atoms with Crippen LogP contribution in [0.5, 0.6) is 5.75 Å². The van der Waals surface area contributed by atoms with Crippen LogP contribution in [0.1, 0.15) is 11.5 Å². The lowest BCUT2D eigenvalue weighted by Crippen LogP contribution is -2.21. The lowest BCUT2D eigenvalue weighted by molar-refractivity contribution is -0.143. The molecule has 0 aliphatic rings. The standard InChI is InChI=1S/C16H15FO3/c1-19-16(18)15(12-6-3-2-4-7-12)11-20-14-9-5-8-13(17)10-14/h2-10,15H,11H2,1H3. The summed E-state index contributed by atoms with van der Waals surface area (Å²) in [6, 6.07) is 15.0. The molecular formula is C16H15FO3. The van der Waals surface area contributed by atoms with Crippen LogP contribution in [0.2, 0.25) is 0 Å². The lowest BCUT2D eigenvalue weighted by atomic mass is 10.0. The Hall–Kier alpha value is -2.36. The van der Waals surface area contributed by atoms with E-state index in [0.717, 1.165) is 5.56 Å². The molecule has 0 N–H and O–H groups in total. The number of rotatable bonds is 5. The highest BCUT2D eigenvalue weighted by atomic mass is 19.1. The third-order valence-electron chi connectivity index (χ3n) is 2.90. The molecule has 2 aromatic carbocycles. The summed E-state index contributed by atoms with van der Waals surface area (Å²) in [5, 5.41) is 0. The zero-order valence-corrected chi connectivity index (χ0v) is 11.1. The Kier molecular flexibility index (Phi) is 4.71. The Morgan fingerprint density at radius 1 is 1.15 bits per heavy atom. The van der Waals surface area contributed by atoms with E-state index in [9.17, 15) is 9.18 Å². The molecule has 0 aliphatic heterocycles. The summed E-state index contributed by atoms with van der Waals surface area (Å²) in [5.74, 6) is -0.913. The van der Waals surface area contributed by atoms with Crippen LogP contribution in [0.25, 0.3) is 0 Å². The fourth-order valence-electron chi connectivity index (χ4n) is 1.86. The Balaban J connectivity index is 2.11. The second-order valence-corrected chi connectivity index (χ2v) is 4.25. The third-order valence-corrected chi connectivity index (χ3v) is 2.90. The minimum Gasteiger partial charge on any atom is -0.492 e. The van der Waals surface area contributed by atoms with Crippen molar-refractivity contribution in [1.29, 1.82) is 0 Å². The van der Waals surface area contributed by atoms with Gasteiger partial charge in [-0.05, 0) is 17.7 Å². The third kappa shape index (κ3) is 3.57. The number of hydrogen-bond acceptors (Lipinski definition) is 3. The normalized spacial score (nSPS) is 11.7. The van der Waals surface area contributed by atoms with Crippen molar-refractivity contribution < 1.29 is 18.7 Å². The summed E-state index contributed by atoms with van der Waals surface area (Å²) in [7, 11) is 1.33. The van der Waals surface area contributed by atoms with Crippen LogP contribution in [-0.2, 0) is 9.53 Å². The quantitative estimate of drug-likeness (QED) is 0.786. The van der Waals surface area contributed by atoms with Crippen LogP contribution in [0.3, 0.4) is 0 Å². The highest BCUT2D eigenvalue weighted by Gasteiger charge is 2.22. The monoisotopic (exact) mass is 274 g/mol. The minimum atomic E-state index is -0.538. The molecule has 20 heavy (non-hydrogen) atoms. The number of halogens is 1. The molecule has 3 nitrogen and oxygen atoms in total. The summed E-state index contributed by atoms with van der Waals surface area (Å²) in [6.07, 6.45) is 0. The van der Waals surface area contributed by atoms with Gasteiger partial charge >= 0.3 is 5.97 Å².